The second-order valence-corrected chi connectivity index (χ2v) is 8.79. The number of carboxylic acid groups (broad SMARTS) is 1. The van der Waals surface area contributed by atoms with Gasteiger partial charge < -0.3 is 15.7 Å². The van der Waals surface area contributed by atoms with Gasteiger partial charge in [-0.2, -0.15) is 0 Å². The smallest absolute Gasteiger partial charge is 0.362 e. The number of hydrogen-bond acceptors (Lipinski definition) is 5. The highest BCUT2D eigenvalue weighted by atomic mass is 32.1. The third kappa shape index (κ3) is 4.28. The first-order valence-electron chi connectivity index (χ1n) is 10.4. The van der Waals surface area contributed by atoms with Crippen LogP contribution in [0.25, 0.3) is 15.8 Å². The first-order chi connectivity index (χ1) is 16.2. The lowest BCUT2D eigenvalue weighted by Crippen LogP contribution is -2.63. The van der Waals surface area contributed by atoms with Gasteiger partial charge in [-0.25, -0.2) is 22.9 Å². The van der Waals surface area contributed by atoms with E-state index in [-0.39, 0.29) is 5.13 Å². The van der Waals surface area contributed by atoms with Gasteiger partial charge in [-0.1, -0.05) is 54.7 Å². The molecule has 0 saturated carbocycles. The fourth-order valence-corrected chi connectivity index (χ4v) is 4.52. The number of aliphatic carboxylic acids is 1. The van der Waals surface area contributed by atoms with E-state index in [1.54, 1.807) is 30.3 Å². The van der Waals surface area contributed by atoms with Crippen molar-refractivity contribution in [1.82, 2.24) is 10.3 Å². The van der Waals surface area contributed by atoms with Crippen molar-refractivity contribution in [3.63, 3.8) is 0 Å². The molecule has 4 rings (SSSR count). The molecule has 1 aromatic heterocycles. The molecule has 0 spiro atoms. The molecule has 34 heavy (non-hydrogen) atoms. The highest BCUT2D eigenvalue weighted by Gasteiger charge is 2.50. The Morgan fingerprint density at radius 3 is 2.62 bits per heavy atom. The fourth-order valence-electron chi connectivity index (χ4n) is 3.55. The van der Waals surface area contributed by atoms with Crippen LogP contribution in [0.4, 0.5) is 18.3 Å². The lowest BCUT2D eigenvalue weighted by molar-refractivity contribution is -0.157. The van der Waals surface area contributed by atoms with Crippen LogP contribution >= 0.6 is 11.3 Å². The molecule has 1 heterocycles. The molecule has 3 unspecified atom stereocenters. The van der Waals surface area contributed by atoms with E-state index >= 15 is 4.39 Å². The Morgan fingerprint density at radius 2 is 1.97 bits per heavy atom. The Balaban J connectivity index is 1.74. The maximum Gasteiger partial charge on any atom is 0.362 e. The Hall–Kier alpha value is -3.66. The molecule has 1 aliphatic rings. The molecule has 0 radical (unpaired) electrons. The molecule has 0 saturated heterocycles. The van der Waals surface area contributed by atoms with E-state index in [0.29, 0.717) is 21.4 Å². The molecule has 1 aliphatic carbocycles. The van der Waals surface area contributed by atoms with Crippen LogP contribution in [0.3, 0.4) is 0 Å². The zero-order valence-corrected chi connectivity index (χ0v) is 18.7. The summed E-state index contributed by atoms with van der Waals surface area (Å²) in [6, 6.07) is 12.8. The van der Waals surface area contributed by atoms with Crippen LogP contribution in [-0.4, -0.2) is 39.5 Å². The van der Waals surface area contributed by atoms with Crippen molar-refractivity contribution in [3.8, 4) is 0 Å². The van der Waals surface area contributed by atoms with Gasteiger partial charge in [0, 0.05) is 6.42 Å². The van der Waals surface area contributed by atoms with E-state index in [0.717, 1.165) is 11.3 Å². The molecule has 3 aromatic rings. The lowest BCUT2D eigenvalue weighted by atomic mass is 9.84. The molecule has 10 heteroatoms. The SMILES string of the molecule is CCC(F)(NC(=O)C1(Nc2nc3ccc(F)cc3s2)C=CC(c2ccccc2)=CC1F)C(=O)O. The summed E-state index contributed by atoms with van der Waals surface area (Å²) in [6.45, 7) is 1.24. The third-order valence-electron chi connectivity index (χ3n) is 5.57. The van der Waals surface area contributed by atoms with Crippen molar-refractivity contribution in [1.29, 1.82) is 0 Å². The van der Waals surface area contributed by atoms with Crippen molar-refractivity contribution in [2.45, 2.75) is 30.8 Å². The van der Waals surface area contributed by atoms with Gasteiger partial charge in [-0.15, -0.1) is 0 Å². The summed E-state index contributed by atoms with van der Waals surface area (Å²) in [7, 11) is 0. The Kier molecular flexibility index (Phi) is 6.18. The summed E-state index contributed by atoms with van der Waals surface area (Å²) in [4.78, 5) is 28.9. The highest BCUT2D eigenvalue weighted by Crippen LogP contribution is 2.36. The summed E-state index contributed by atoms with van der Waals surface area (Å²) in [5.74, 6) is -6.71. The maximum absolute atomic E-state index is 15.8. The monoisotopic (exact) mass is 487 g/mol. The minimum absolute atomic E-state index is 0.0795. The number of carboxylic acids is 1. The van der Waals surface area contributed by atoms with E-state index in [1.807, 2.05) is 5.32 Å². The average Bonchev–Trinajstić information content (AvgIpc) is 3.21. The van der Waals surface area contributed by atoms with Crippen LogP contribution in [0, 0.1) is 5.82 Å². The third-order valence-corrected chi connectivity index (χ3v) is 6.51. The predicted molar refractivity (Wildman–Crippen MR) is 124 cm³/mol. The van der Waals surface area contributed by atoms with Crippen LogP contribution in [0.1, 0.15) is 18.9 Å². The molecule has 0 fully saturated rings. The van der Waals surface area contributed by atoms with Crippen LogP contribution in [-0.2, 0) is 9.59 Å². The number of anilines is 1. The number of thiazole rings is 1. The van der Waals surface area contributed by atoms with Gasteiger partial charge in [0.1, 0.15) is 5.82 Å². The molecule has 0 bridgehead atoms. The number of nitrogens with zero attached hydrogens (tertiary/aromatic N) is 1. The minimum Gasteiger partial charge on any atom is -0.477 e. The van der Waals surface area contributed by atoms with E-state index in [1.165, 1.54) is 43.4 Å². The normalized spacial score (nSPS) is 21.5. The van der Waals surface area contributed by atoms with E-state index in [4.69, 9.17) is 0 Å². The Labute approximate surface area is 196 Å². The van der Waals surface area contributed by atoms with Gasteiger partial charge in [0.2, 0.25) is 0 Å². The van der Waals surface area contributed by atoms with Crippen LogP contribution in [0.5, 0.6) is 0 Å². The molecule has 0 aliphatic heterocycles. The number of aromatic nitrogens is 1. The van der Waals surface area contributed by atoms with Gasteiger partial charge >= 0.3 is 5.97 Å². The average molecular weight is 488 g/mol. The van der Waals surface area contributed by atoms with Crippen molar-refractivity contribution in [2.75, 3.05) is 5.32 Å². The van der Waals surface area contributed by atoms with Gasteiger partial charge in [-0.05, 0) is 41.5 Å². The zero-order valence-electron chi connectivity index (χ0n) is 17.9. The van der Waals surface area contributed by atoms with Crippen molar-refractivity contribution in [3.05, 3.63) is 78.1 Å². The number of allylic oxidation sites excluding steroid dienone is 2. The summed E-state index contributed by atoms with van der Waals surface area (Å²) in [5, 5.41) is 13.9. The van der Waals surface area contributed by atoms with Gasteiger partial charge in [0.25, 0.3) is 11.7 Å². The molecular weight excluding hydrogens is 467 g/mol. The predicted octanol–water partition coefficient (Wildman–Crippen LogP) is 4.85. The molecule has 3 N–H and O–H groups in total. The number of halogens is 3. The second-order valence-electron chi connectivity index (χ2n) is 7.76. The number of alkyl halides is 2. The number of fused-ring (bicyclic) bond motifs is 1. The number of nitrogens with one attached hydrogen (secondary N) is 2. The number of benzene rings is 2. The molecule has 2 aromatic carbocycles. The maximum atomic E-state index is 15.8. The lowest BCUT2D eigenvalue weighted by Gasteiger charge is -2.36. The molecule has 6 nitrogen and oxygen atoms in total. The van der Waals surface area contributed by atoms with Crippen molar-refractivity contribution in [2.24, 2.45) is 0 Å². The number of rotatable bonds is 7. The van der Waals surface area contributed by atoms with E-state index < -0.39 is 41.6 Å². The summed E-state index contributed by atoms with van der Waals surface area (Å²) in [6.07, 6.45) is 1.32. The van der Waals surface area contributed by atoms with Crippen LogP contribution in [0.15, 0.2) is 66.8 Å². The van der Waals surface area contributed by atoms with Gasteiger partial charge in [-0.3, -0.25) is 4.79 Å². The number of hydrogen-bond donors (Lipinski definition) is 3. The summed E-state index contributed by atoms with van der Waals surface area (Å²) >= 11 is 0.977. The fraction of sp³-hybridized carbons (Fsp3) is 0.208. The quantitative estimate of drug-likeness (QED) is 0.415. The Bertz CT molecular complexity index is 1310. The minimum atomic E-state index is -3.10. The Morgan fingerprint density at radius 1 is 1.24 bits per heavy atom. The molecule has 3 atom stereocenters. The topological polar surface area (TPSA) is 91.3 Å². The van der Waals surface area contributed by atoms with Gasteiger partial charge in [0.05, 0.1) is 10.2 Å². The van der Waals surface area contributed by atoms with E-state index in [9.17, 15) is 23.5 Å². The first-order valence-corrected chi connectivity index (χ1v) is 11.2. The zero-order chi connectivity index (χ0) is 24.5. The summed E-state index contributed by atoms with van der Waals surface area (Å²) in [5.41, 5.74) is -0.596. The van der Waals surface area contributed by atoms with Crippen LogP contribution in [0.2, 0.25) is 0 Å². The highest BCUT2D eigenvalue weighted by molar-refractivity contribution is 7.22. The standard InChI is InChI=1S/C24H20F3N3O3S/c1-2-24(27,21(32)33)29-20(31)23(30-22-28-17-9-8-16(25)13-18(17)34-22)11-10-15(12-19(23)26)14-6-4-3-5-7-14/h3-13,19H,2H2,1H3,(H,28,30)(H,29,31)(H,32,33). The largest absolute Gasteiger partial charge is 0.477 e. The number of carbonyl (C=O) groups excluding carboxylic acids is 1. The second kappa shape index (κ2) is 8.94. The molecular formula is C24H20F3N3O3S. The molecule has 1 amide bonds. The van der Waals surface area contributed by atoms with Crippen LogP contribution < -0.4 is 10.6 Å². The first kappa shape index (κ1) is 23.5. The number of carbonyl (C=O) groups is 2. The van der Waals surface area contributed by atoms with E-state index in [2.05, 4.69) is 10.3 Å². The van der Waals surface area contributed by atoms with Crippen molar-refractivity contribution >= 4 is 44.1 Å². The molecule has 176 valence electrons. The van der Waals surface area contributed by atoms with Gasteiger partial charge in [0.15, 0.2) is 16.8 Å². The summed E-state index contributed by atoms with van der Waals surface area (Å²) < 4.78 is 44.7. The van der Waals surface area contributed by atoms with Crippen molar-refractivity contribution < 1.29 is 27.9 Å². The number of amides is 1.